The Balaban J connectivity index is 2.80. The molecule has 14 heteroatoms. The van der Waals surface area contributed by atoms with E-state index in [0.717, 1.165) is 25.8 Å². The normalized spacial score (nSPS) is 23.4. The highest BCUT2D eigenvalue weighted by Gasteiger charge is 2.32. The van der Waals surface area contributed by atoms with Crippen LogP contribution in [-0.2, 0) is 19.2 Å². The van der Waals surface area contributed by atoms with E-state index in [1.807, 2.05) is 0 Å². The summed E-state index contributed by atoms with van der Waals surface area (Å²) < 4.78 is 0. The van der Waals surface area contributed by atoms with Gasteiger partial charge in [0.2, 0.25) is 11.8 Å². The molecule has 1 aliphatic heterocycles. The first kappa shape index (κ1) is 36.7. The van der Waals surface area contributed by atoms with Gasteiger partial charge in [0.15, 0.2) is 0 Å². The summed E-state index contributed by atoms with van der Waals surface area (Å²) in [4.78, 5) is 47.0. The largest absolute Gasteiger partial charge is 0.481 e. The van der Waals surface area contributed by atoms with Gasteiger partial charge < -0.3 is 53.2 Å². The van der Waals surface area contributed by atoms with Crippen molar-refractivity contribution in [1.82, 2.24) is 37.2 Å². The Hall–Kier alpha value is -2.36. The van der Waals surface area contributed by atoms with E-state index in [-0.39, 0.29) is 50.5 Å². The zero-order valence-corrected chi connectivity index (χ0v) is 24.7. The van der Waals surface area contributed by atoms with Crippen LogP contribution < -0.4 is 43.0 Å². The fourth-order valence-corrected chi connectivity index (χ4v) is 4.68. The molecule has 0 aromatic heterocycles. The van der Waals surface area contributed by atoms with E-state index in [4.69, 9.17) is 15.9 Å². The molecule has 0 aromatic rings. The van der Waals surface area contributed by atoms with Crippen molar-refractivity contribution in [3.05, 3.63) is 0 Å². The summed E-state index contributed by atoms with van der Waals surface area (Å²) in [6, 6.07) is 0. The van der Waals surface area contributed by atoms with Gasteiger partial charge >= 0.3 is 11.9 Å². The Morgan fingerprint density at radius 3 is 1.51 bits per heavy atom. The van der Waals surface area contributed by atoms with Gasteiger partial charge in [0.05, 0.1) is 11.1 Å². The molecule has 41 heavy (non-hydrogen) atoms. The number of aliphatic carboxylic acids is 2. The van der Waals surface area contributed by atoms with Crippen molar-refractivity contribution in [3.8, 4) is 0 Å². The molecular formula is C27H54N8O6. The fraction of sp³-hybridized carbons (Fsp3) is 0.852. The van der Waals surface area contributed by atoms with Crippen molar-refractivity contribution in [2.45, 2.75) is 75.8 Å². The molecule has 0 unspecified atom stereocenters. The number of hydrogen-bond donors (Lipinski definition) is 10. The maximum atomic E-state index is 12.8. The Morgan fingerprint density at radius 1 is 0.707 bits per heavy atom. The van der Waals surface area contributed by atoms with Crippen molar-refractivity contribution in [2.24, 2.45) is 5.73 Å². The third kappa shape index (κ3) is 17.3. The standard InChI is InChI=1S/C27H54N8O6/c1-2-11-29-19-27(35-23(37)8-4-10-25(40)41)20-32-14-5-12-30-17-26(16-28,18-31-13-6-15-33-21-27)34-22(36)7-3-9-24(38)39/h29-33H,2-21,28H2,1H3,(H,34,36)(H,35,37)(H,38,39)(H,40,41)/t26-,27+. The molecule has 1 fully saturated rings. The van der Waals surface area contributed by atoms with Gasteiger partial charge in [-0.25, -0.2) is 0 Å². The second-order valence-corrected chi connectivity index (χ2v) is 10.9. The smallest absolute Gasteiger partial charge is 0.303 e. The zero-order chi connectivity index (χ0) is 30.4. The zero-order valence-electron chi connectivity index (χ0n) is 24.7. The summed E-state index contributed by atoms with van der Waals surface area (Å²) in [5, 5.41) is 41.2. The predicted molar refractivity (Wildman–Crippen MR) is 158 cm³/mol. The van der Waals surface area contributed by atoms with Crippen LogP contribution in [0.2, 0.25) is 0 Å². The molecule has 0 saturated carbocycles. The summed E-state index contributed by atoms with van der Waals surface area (Å²) in [6.45, 7) is 8.51. The first-order valence-corrected chi connectivity index (χ1v) is 15.0. The van der Waals surface area contributed by atoms with Crippen LogP contribution in [0.25, 0.3) is 0 Å². The van der Waals surface area contributed by atoms with Gasteiger partial charge in [-0.2, -0.15) is 0 Å². The predicted octanol–water partition coefficient (Wildman–Crippen LogP) is -1.68. The topological polar surface area (TPSA) is 219 Å². The molecule has 0 atom stereocenters. The second-order valence-electron chi connectivity index (χ2n) is 10.9. The number of amides is 2. The third-order valence-electron chi connectivity index (χ3n) is 6.95. The highest BCUT2D eigenvalue weighted by Crippen LogP contribution is 2.07. The maximum Gasteiger partial charge on any atom is 0.303 e. The second kappa shape index (κ2) is 21.4. The molecule has 1 saturated heterocycles. The molecule has 1 rings (SSSR count). The molecule has 1 aliphatic rings. The highest BCUT2D eigenvalue weighted by atomic mass is 16.4. The first-order valence-electron chi connectivity index (χ1n) is 15.0. The third-order valence-corrected chi connectivity index (χ3v) is 6.95. The summed E-state index contributed by atoms with van der Waals surface area (Å²) in [5.74, 6) is -2.20. The van der Waals surface area contributed by atoms with E-state index in [1.54, 1.807) is 0 Å². The molecular weight excluding hydrogens is 532 g/mol. The van der Waals surface area contributed by atoms with Crippen molar-refractivity contribution in [2.75, 3.05) is 72.0 Å². The minimum Gasteiger partial charge on any atom is -0.481 e. The number of nitrogens with one attached hydrogen (secondary N) is 7. The van der Waals surface area contributed by atoms with E-state index < -0.39 is 23.0 Å². The Labute approximate surface area is 244 Å². The molecule has 238 valence electrons. The van der Waals surface area contributed by atoms with E-state index in [0.29, 0.717) is 65.3 Å². The lowest BCUT2D eigenvalue weighted by Gasteiger charge is -2.37. The van der Waals surface area contributed by atoms with Crippen LogP contribution in [0.5, 0.6) is 0 Å². The minimum atomic E-state index is -0.922. The van der Waals surface area contributed by atoms with Gasteiger partial charge in [-0.3, -0.25) is 19.2 Å². The molecule has 2 amide bonds. The average Bonchev–Trinajstić information content (AvgIpc) is 2.90. The summed E-state index contributed by atoms with van der Waals surface area (Å²) >= 11 is 0. The summed E-state index contributed by atoms with van der Waals surface area (Å²) in [6.07, 6.45) is 3.35. The highest BCUT2D eigenvalue weighted by molar-refractivity contribution is 5.78. The summed E-state index contributed by atoms with van der Waals surface area (Å²) in [5.41, 5.74) is 4.86. The van der Waals surface area contributed by atoms with E-state index >= 15 is 0 Å². The van der Waals surface area contributed by atoms with Gasteiger partial charge in [0.1, 0.15) is 0 Å². The molecule has 11 N–H and O–H groups in total. The van der Waals surface area contributed by atoms with E-state index in [2.05, 4.69) is 44.1 Å². The van der Waals surface area contributed by atoms with Gasteiger partial charge in [-0.1, -0.05) is 6.92 Å². The van der Waals surface area contributed by atoms with Gasteiger partial charge in [-0.15, -0.1) is 0 Å². The monoisotopic (exact) mass is 586 g/mol. The van der Waals surface area contributed by atoms with Crippen LogP contribution in [0.3, 0.4) is 0 Å². The number of hydrogen-bond acceptors (Lipinski definition) is 10. The van der Waals surface area contributed by atoms with Crippen molar-refractivity contribution in [3.63, 3.8) is 0 Å². The lowest BCUT2D eigenvalue weighted by Crippen LogP contribution is -2.65. The number of carboxylic acid groups (broad SMARTS) is 2. The minimum absolute atomic E-state index is 0.0369. The number of carboxylic acids is 2. The van der Waals surface area contributed by atoms with Gasteiger partial charge in [0, 0.05) is 65.0 Å². The number of nitrogens with two attached hydrogens (primary N) is 1. The van der Waals surface area contributed by atoms with Crippen LogP contribution in [0, 0.1) is 0 Å². The SMILES string of the molecule is CCCNC[C@]1(NC(=O)CCCC(=O)O)CNCCCNC[C@@](CN)(NC(=O)CCCC(=O)O)CNCCCNC1. The van der Waals surface area contributed by atoms with Gasteiger partial charge in [0.25, 0.3) is 0 Å². The lowest BCUT2D eigenvalue weighted by atomic mass is 9.97. The maximum absolute atomic E-state index is 12.8. The molecule has 14 nitrogen and oxygen atoms in total. The Morgan fingerprint density at radius 2 is 1.12 bits per heavy atom. The number of carbonyl (C=O) groups excluding carboxylic acids is 2. The van der Waals surface area contributed by atoms with E-state index in [1.165, 1.54) is 0 Å². The molecule has 1 heterocycles. The molecule has 0 bridgehead atoms. The quantitative estimate of drug-likeness (QED) is 0.0973. The molecule has 0 aromatic carbocycles. The fourth-order valence-electron chi connectivity index (χ4n) is 4.68. The van der Waals surface area contributed by atoms with Gasteiger partial charge in [-0.05, 0) is 64.8 Å². The molecule has 0 radical (unpaired) electrons. The first-order chi connectivity index (χ1) is 19.7. The van der Waals surface area contributed by atoms with Crippen molar-refractivity contribution < 1.29 is 29.4 Å². The lowest BCUT2D eigenvalue weighted by molar-refractivity contribution is -0.138. The molecule has 0 aliphatic carbocycles. The van der Waals surface area contributed by atoms with Crippen molar-refractivity contribution in [1.29, 1.82) is 0 Å². The number of rotatable bonds is 15. The number of carbonyl (C=O) groups is 4. The van der Waals surface area contributed by atoms with Crippen LogP contribution in [0.15, 0.2) is 0 Å². The van der Waals surface area contributed by atoms with E-state index in [9.17, 15) is 19.2 Å². The van der Waals surface area contributed by atoms with Crippen LogP contribution >= 0.6 is 0 Å². The van der Waals surface area contributed by atoms with Crippen LogP contribution in [0.4, 0.5) is 0 Å². The summed E-state index contributed by atoms with van der Waals surface area (Å²) in [7, 11) is 0. The van der Waals surface area contributed by atoms with Crippen LogP contribution in [0.1, 0.15) is 64.7 Å². The Kier molecular flexibility index (Phi) is 19.1. The Bertz CT molecular complexity index is 767. The van der Waals surface area contributed by atoms with Crippen molar-refractivity contribution >= 4 is 23.8 Å². The average molecular weight is 587 g/mol. The molecule has 0 spiro atoms. The van der Waals surface area contributed by atoms with Crippen LogP contribution in [-0.4, -0.2) is 117 Å².